The van der Waals surface area contributed by atoms with Crippen LogP contribution in [0.25, 0.3) is 0 Å². The highest BCUT2D eigenvalue weighted by atomic mass is 32.2. The molecule has 0 aliphatic heterocycles. The minimum atomic E-state index is -0.826. The Balaban J connectivity index is 2.80. The van der Waals surface area contributed by atoms with Crippen LogP contribution in [0.2, 0.25) is 0 Å². The molecule has 19 heavy (non-hydrogen) atoms. The standard InChI is InChI=1S/C12H20N4O2S/c1-4-6-16-7-5-14-12(16)19-9(8(2)3)10(17)15-11(13)18/h5,7-9H,4,6H2,1-3H3,(H3,13,15,17,18). The molecule has 1 rings (SSSR count). The quantitative estimate of drug-likeness (QED) is 0.776. The summed E-state index contributed by atoms with van der Waals surface area (Å²) in [7, 11) is 0. The maximum atomic E-state index is 11.9. The van der Waals surface area contributed by atoms with Crippen LogP contribution in [-0.4, -0.2) is 26.7 Å². The number of carbonyl (C=O) groups excluding carboxylic acids is 2. The van der Waals surface area contributed by atoms with Crippen molar-refractivity contribution in [2.24, 2.45) is 11.7 Å². The van der Waals surface area contributed by atoms with Crippen molar-refractivity contribution in [3.8, 4) is 0 Å². The zero-order valence-corrected chi connectivity index (χ0v) is 12.2. The Morgan fingerprint density at radius 1 is 1.53 bits per heavy atom. The van der Waals surface area contributed by atoms with Crippen molar-refractivity contribution in [3.63, 3.8) is 0 Å². The van der Waals surface area contributed by atoms with Crippen LogP contribution in [0.1, 0.15) is 27.2 Å². The Morgan fingerprint density at radius 2 is 2.21 bits per heavy atom. The number of urea groups is 1. The van der Waals surface area contributed by atoms with E-state index in [0.717, 1.165) is 18.1 Å². The van der Waals surface area contributed by atoms with E-state index in [1.807, 2.05) is 24.6 Å². The van der Waals surface area contributed by atoms with Crippen LogP contribution in [0.15, 0.2) is 17.6 Å². The van der Waals surface area contributed by atoms with Gasteiger partial charge in [0.15, 0.2) is 5.16 Å². The lowest BCUT2D eigenvalue weighted by Gasteiger charge is -2.18. The van der Waals surface area contributed by atoms with Crippen molar-refractivity contribution in [2.75, 3.05) is 0 Å². The third kappa shape index (κ3) is 4.59. The predicted molar refractivity (Wildman–Crippen MR) is 74.7 cm³/mol. The number of primary amides is 1. The van der Waals surface area contributed by atoms with Gasteiger partial charge in [0.2, 0.25) is 5.91 Å². The van der Waals surface area contributed by atoms with Crippen LogP contribution in [0.3, 0.4) is 0 Å². The highest BCUT2D eigenvalue weighted by Gasteiger charge is 2.26. The zero-order valence-electron chi connectivity index (χ0n) is 11.4. The molecular formula is C12H20N4O2S. The Bertz CT molecular complexity index is 445. The fourth-order valence-corrected chi connectivity index (χ4v) is 2.70. The summed E-state index contributed by atoms with van der Waals surface area (Å²) >= 11 is 1.35. The number of hydrogen-bond acceptors (Lipinski definition) is 4. The Morgan fingerprint density at radius 3 is 2.74 bits per heavy atom. The van der Waals surface area contributed by atoms with Crippen LogP contribution in [0.4, 0.5) is 4.79 Å². The van der Waals surface area contributed by atoms with Gasteiger partial charge in [-0.25, -0.2) is 9.78 Å². The predicted octanol–water partition coefficient (Wildman–Crippen LogP) is 1.60. The van der Waals surface area contributed by atoms with Gasteiger partial charge in [-0.1, -0.05) is 32.5 Å². The highest BCUT2D eigenvalue weighted by molar-refractivity contribution is 8.00. The fraction of sp³-hybridized carbons (Fsp3) is 0.583. The molecule has 3 N–H and O–H groups in total. The van der Waals surface area contributed by atoms with Crippen LogP contribution < -0.4 is 11.1 Å². The van der Waals surface area contributed by atoms with Crippen molar-refractivity contribution >= 4 is 23.7 Å². The molecule has 0 aliphatic rings. The van der Waals surface area contributed by atoms with Crippen molar-refractivity contribution in [1.29, 1.82) is 0 Å². The largest absolute Gasteiger partial charge is 0.351 e. The lowest BCUT2D eigenvalue weighted by atomic mass is 10.1. The van der Waals surface area contributed by atoms with Gasteiger partial charge in [0.1, 0.15) is 0 Å². The van der Waals surface area contributed by atoms with Gasteiger partial charge in [-0.15, -0.1) is 0 Å². The first-order valence-electron chi connectivity index (χ1n) is 6.23. The van der Waals surface area contributed by atoms with Gasteiger partial charge in [0.05, 0.1) is 5.25 Å². The molecule has 7 heteroatoms. The first kappa shape index (κ1) is 15.6. The van der Waals surface area contributed by atoms with Crippen molar-refractivity contribution in [1.82, 2.24) is 14.9 Å². The molecule has 0 aliphatic carbocycles. The van der Waals surface area contributed by atoms with E-state index >= 15 is 0 Å². The zero-order chi connectivity index (χ0) is 14.4. The smallest absolute Gasteiger partial charge is 0.318 e. The molecule has 0 bridgehead atoms. The normalized spacial score (nSPS) is 12.4. The molecule has 0 aromatic carbocycles. The van der Waals surface area contributed by atoms with E-state index in [1.165, 1.54) is 11.8 Å². The van der Waals surface area contributed by atoms with E-state index < -0.39 is 11.3 Å². The van der Waals surface area contributed by atoms with Gasteiger partial charge in [-0.3, -0.25) is 10.1 Å². The lowest BCUT2D eigenvalue weighted by molar-refractivity contribution is -0.120. The van der Waals surface area contributed by atoms with Gasteiger partial charge < -0.3 is 10.3 Å². The number of nitrogens with one attached hydrogen (secondary N) is 1. The molecule has 1 heterocycles. The Labute approximate surface area is 117 Å². The number of aryl methyl sites for hydroxylation is 1. The lowest BCUT2D eigenvalue weighted by Crippen LogP contribution is -2.42. The molecule has 0 radical (unpaired) electrons. The number of rotatable bonds is 6. The van der Waals surface area contributed by atoms with Crippen molar-refractivity contribution in [2.45, 2.75) is 44.1 Å². The number of carbonyl (C=O) groups is 2. The van der Waals surface area contributed by atoms with Gasteiger partial charge in [-0.05, 0) is 12.3 Å². The average Bonchev–Trinajstić information content (AvgIpc) is 2.72. The maximum absolute atomic E-state index is 11.9. The summed E-state index contributed by atoms with van der Waals surface area (Å²) in [6, 6.07) is -0.826. The molecular weight excluding hydrogens is 264 g/mol. The topological polar surface area (TPSA) is 90.0 Å². The summed E-state index contributed by atoms with van der Waals surface area (Å²) in [5, 5.41) is 2.51. The molecule has 0 fully saturated rings. The Kier molecular flexibility index (Phi) is 5.88. The SMILES string of the molecule is CCCn1ccnc1SC(C(=O)NC(N)=O)C(C)C. The van der Waals surface area contributed by atoms with E-state index in [0.29, 0.717) is 0 Å². The first-order chi connectivity index (χ1) is 8.95. The summed E-state index contributed by atoms with van der Waals surface area (Å²) in [5.41, 5.74) is 4.98. The van der Waals surface area contributed by atoms with Gasteiger partial charge in [0, 0.05) is 18.9 Å². The van der Waals surface area contributed by atoms with E-state index in [2.05, 4.69) is 17.2 Å². The minimum Gasteiger partial charge on any atom is -0.351 e. The van der Waals surface area contributed by atoms with Crippen molar-refractivity contribution < 1.29 is 9.59 Å². The molecule has 3 amide bonds. The van der Waals surface area contributed by atoms with E-state index in [1.54, 1.807) is 6.20 Å². The summed E-state index contributed by atoms with van der Waals surface area (Å²) in [5.74, 6) is -0.310. The molecule has 0 saturated carbocycles. The van der Waals surface area contributed by atoms with Gasteiger partial charge in [-0.2, -0.15) is 0 Å². The number of hydrogen-bond donors (Lipinski definition) is 2. The molecule has 0 spiro atoms. The second-order valence-corrected chi connectivity index (χ2v) is 5.65. The fourth-order valence-electron chi connectivity index (χ4n) is 1.62. The summed E-state index contributed by atoms with van der Waals surface area (Å²) in [4.78, 5) is 26.9. The summed E-state index contributed by atoms with van der Waals surface area (Å²) < 4.78 is 2.00. The number of thioether (sulfide) groups is 1. The molecule has 0 saturated heterocycles. The van der Waals surface area contributed by atoms with Crippen LogP contribution in [-0.2, 0) is 11.3 Å². The number of aromatic nitrogens is 2. The molecule has 6 nitrogen and oxygen atoms in total. The molecule has 1 aromatic rings. The monoisotopic (exact) mass is 284 g/mol. The average molecular weight is 284 g/mol. The first-order valence-corrected chi connectivity index (χ1v) is 7.11. The third-order valence-corrected chi connectivity index (χ3v) is 4.05. The third-order valence-electron chi connectivity index (χ3n) is 2.48. The van der Waals surface area contributed by atoms with Gasteiger partial charge in [0.25, 0.3) is 0 Å². The summed E-state index contributed by atoms with van der Waals surface area (Å²) in [6.07, 6.45) is 4.58. The van der Waals surface area contributed by atoms with Gasteiger partial charge >= 0.3 is 6.03 Å². The molecule has 106 valence electrons. The summed E-state index contributed by atoms with van der Waals surface area (Å²) in [6.45, 7) is 6.77. The van der Waals surface area contributed by atoms with Crippen LogP contribution in [0, 0.1) is 5.92 Å². The second kappa shape index (κ2) is 7.18. The second-order valence-electron chi connectivity index (χ2n) is 4.54. The number of amides is 3. The number of imidazole rings is 1. The molecule has 1 unspecified atom stereocenters. The van der Waals surface area contributed by atoms with E-state index in [-0.39, 0.29) is 11.8 Å². The maximum Gasteiger partial charge on any atom is 0.318 e. The number of nitrogens with zero attached hydrogens (tertiary/aromatic N) is 2. The number of imide groups is 1. The Hall–Kier alpha value is -1.50. The van der Waals surface area contributed by atoms with Crippen LogP contribution >= 0.6 is 11.8 Å². The molecule has 1 atom stereocenters. The van der Waals surface area contributed by atoms with E-state index in [4.69, 9.17) is 5.73 Å². The van der Waals surface area contributed by atoms with Crippen molar-refractivity contribution in [3.05, 3.63) is 12.4 Å². The van der Waals surface area contributed by atoms with E-state index in [9.17, 15) is 9.59 Å². The number of nitrogens with two attached hydrogens (primary N) is 1. The molecule has 1 aromatic heterocycles. The van der Waals surface area contributed by atoms with Crippen LogP contribution in [0.5, 0.6) is 0 Å². The minimum absolute atomic E-state index is 0.0659. The highest BCUT2D eigenvalue weighted by Crippen LogP contribution is 2.27.